The fourth-order valence-electron chi connectivity index (χ4n) is 1.85. The molecule has 0 atom stereocenters. The van der Waals surface area contributed by atoms with E-state index in [1.165, 1.54) is 0 Å². The molecular formula is C12H11Cl3FNO3S. The maximum absolute atomic E-state index is 13.7. The normalized spacial score (nSPS) is 15.0. The molecule has 0 radical (unpaired) electrons. The zero-order valence-electron chi connectivity index (χ0n) is 10.6. The Hall–Kier alpha value is -0.560. The van der Waals surface area contributed by atoms with Crippen molar-refractivity contribution in [3.05, 3.63) is 27.5 Å². The predicted molar refractivity (Wildman–Crippen MR) is 79.1 cm³/mol. The molecule has 0 unspecified atom stereocenters. The van der Waals surface area contributed by atoms with Crippen molar-refractivity contribution in [3.63, 3.8) is 0 Å². The van der Waals surface area contributed by atoms with Gasteiger partial charge in [0.1, 0.15) is 10.7 Å². The molecule has 21 heavy (non-hydrogen) atoms. The lowest BCUT2D eigenvalue weighted by Gasteiger charge is -2.11. The van der Waals surface area contributed by atoms with E-state index in [9.17, 15) is 17.6 Å². The largest absolute Gasteiger partial charge is 0.352 e. The van der Waals surface area contributed by atoms with Crippen LogP contribution in [0.4, 0.5) is 4.39 Å². The van der Waals surface area contributed by atoms with Crippen molar-refractivity contribution < 1.29 is 17.6 Å². The number of carbonyl (C=O) groups excluding carboxylic acids is 1. The molecule has 0 spiro atoms. The Labute approximate surface area is 136 Å². The maximum atomic E-state index is 13.7. The van der Waals surface area contributed by atoms with Crippen LogP contribution in [0.3, 0.4) is 0 Å². The van der Waals surface area contributed by atoms with Gasteiger partial charge in [-0.15, -0.1) is 0 Å². The molecule has 1 aromatic rings. The van der Waals surface area contributed by atoms with Gasteiger partial charge in [-0.05, 0) is 18.4 Å². The molecule has 1 N–H and O–H groups in total. The lowest BCUT2D eigenvalue weighted by atomic mass is 10.2. The molecule has 0 heterocycles. The molecule has 0 aliphatic heterocycles. The van der Waals surface area contributed by atoms with Crippen molar-refractivity contribution in [2.45, 2.75) is 24.2 Å². The molecular weight excluding hydrogens is 364 g/mol. The molecule has 9 heteroatoms. The second-order valence-electron chi connectivity index (χ2n) is 4.79. The maximum Gasteiger partial charge on any atom is 0.264 e. The van der Waals surface area contributed by atoms with Crippen molar-refractivity contribution in [2.75, 3.05) is 6.54 Å². The van der Waals surface area contributed by atoms with E-state index in [0.717, 1.165) is 25.3 Å². The van der Waals surface area contributed by atoms with Crippen molar-refractivity contribution in [2.24, 2.45) is 5.92 Å². The van der Waals surface area contributed by atoms with Crippen molar-refractivity contribution in [1.29, 1.82) is 0 Å². The van der Waals surface area contributed by atoms with Gasteiger partial charge in [-0.25, -0.2) is 12.8 Å². The van der Waals surface area contributed by atoms with E-state index in [1.54, 1.807) is 0 Å². The zero-order valence-corrected chi connectivity index (χ0v) is 13.7. The number of rotatable bonds is 5. The van der Waals surface area contributed by atoms with Crippen LogP contribution in [0.1, 0.15) is 29.6 Å². The molecule has 4 nitrogen and oxygen atoms in total. The summed E-state index contributed by atoms with van der Waals surface area (Å²) in [6.45, 7) is 0.410. The van der Waals surface area contributed by atoms with E-state index in [4.69, 9.17) is 33.9 Å². The smallest absolute Gasteiger partial charge is 0.264 e. The molecule has 116 valence electrons. The summed E-state index contributed by atoms with van der Waals surface area (Å²) in [7, 11) is 0.799. The third-order valence-electron chi connectivity index (χ3n) is 3.14. The molecule has 1 aromatic carbocycles. The minimum absolute atomic E-state index is 0.311. The van der Waals surface area contributed by atoms with Gasteiger partial charge >= 0.3 is 0 Å². The first-order valence-corrected chi connectivity index (χ1v) is 9.18. The van der Waals surface area contributed by atoms with E-state index < -0.39 is 35.7 Å². The summed E-state index contributed by atoms with van der Waals surface area (Å²) < 4.78 is 36.5. The Morgan fingerprint density at radius 3 is 2.48 bits per heavy atom. The van der Waals surface area contributed by atoms with E-state index in [-0.39, 0.29) is 5.56 Å². The zero-order chi connectivity index (χ0) is 15.8. The fraction of sp³-hybridized carbons (Fsp3) is 0.417. The summed E-state index contributed by atoms with van der Waals surface area (Å²) in [4.78, 5) is 11.2. The highest BCUT2D eigenvalue weighted by molar-refractivity contribution is 8.14. The summed E-state index contributed by atoms with van der Waals surface area (Å²) in [6.07, 6.45) is 3.10. The Morgan fingerprint density at radius 1 is 1.33 bits per heavy atom. The Kier molecular flexibility index (Phi) is 5.03. The van der Waals surface area contributed by atoms with Gasteiger partial charge < -0.3 is 5.32 Å². The van der Waals surface area contributed by atoms with Crippen molar-refractivity contribution in [3.8, 4) is 0 Å². The molecule has 1 fully saturated rings. The van der Waals surface area contributed by atoms with Gasteiger partial charge in [-0.1, -0.05) is 36.0 Å². The molecule has 0 bridgehead atoms. The van der Waals surface area contributed by atoms with E-state index >= 15 is 0 Å². The van der Waals surface area contributed by atoms with Crippen LogP contribution in [-0.4, -0.2) is 20.9 Å². The number of halogens is 4. The van der Waals surface area contributed by atoms with E-state index in [1.807, 2.05) is 0 Å². The summed E-state index contributed by atoms with van der Waals surface area (Å²) in [6, 6.07) is 0.794. The first kappa shape index (κ1) is 16.8. The second kappa shape index (κ2) is 6.28. The number of amides is 1. The number of nitrogens with one attached hydrogen (secondary N) is 1. The third kappa shape index (κ3) is 4.00. The minimum Gasteiger partial charge on any atom is -0.352 e. The van der Waals surface area contributed by atoms with Crippen LogP contribution in [0.5, 0.6) is 0 Å². The summed E-state index contributed by atoms with van der Waals surface area (Å²) in [5.74, 6) is -1.13. The SMILES string of the molecule is O=C(NCCC1CC1)c1cc(F)c(Cl)c(S(=O)(=O)Cl)c1Cl. The molecule has 1 amide bonds. The van der Waals surface area contributed by atoms with Gasteiger partial charge in [-0.3, -0.25) is 4.79 Å². The molecule has 1 aliphatic carbocycles. The number of hydrogen-bond acceptors (Lipinski definition) is 3. The predicted octanol–water partition coefficient (Wildman–Crippen LogP) is 3.59. The molecule has 1 aliphatic rings. The fourth-order valence-corrected chi connectivity index (χ4v) is 4.23. The van der Waals surface area contributed by atoms with Gasteiger partial charge in [-0.2, -0.15) is 0 Å². The quantitative estimate of drug-likeness (QED) is 0.633. The minimum atomic E-state index is -4.38. The van der Waals surface area contributed by atoms with Crippen LogP contribution in [0.25, 0.3) is 0 Å². The second-order valence-corrected chi connectivity index (χ2v) is 8.05. The molecule has 1 saturated carbocycles. The monoisotopic (exact) mass is 373 g/mol. The summed E-state index contributed by atoms with van der Waals surface area (Å²) in [5.41, 5.74) is -0.311. The highest BCUT2D eigenvalue weighted by Gasteiger charge is 2.28. The Bertz CT molecular complexity index is 689. The standard InChI is InChI=1S/C12H11Cl3FNO3S/c13-9-7(12(18)17-4-3-6-1-2-6)5-8(16)10(14)11(9)21(15,19)20/h5-6H,1-4H2,(H,17,18). The number of carbonyl (C=O) groups is 1. The van der Waals surface area contributed by atoms with E-state index in [0.29, 0.717) is 12.5 Å². The first-order valence-electron chi connectivity index (χ1n) is 6.12. The van der Waals surface area contributed by atoms with E-state index in [2.05, 4.69) is 5.32 Å². The van der Waals surface area contributed by atoms with Crippen molar-refractivity contribution in [1.82, 2.24) is 5.32 Å². The first-order chi connectivity index (χ1) is 9.71. The van der Waals surface area contributed by atoms with Crippen molar-refractivity contribution >= 4 is 48.8 Å². The number of benzene rings is 1. The van der Waals surface area contributed by atoms with Gasteiger partial charge in [0.25, 0.3) is 15.0 Å². The highest BCUT2D eigenvalue weighted by atomic mass is 35.7. The van der Waals surface area contributed by atoms with Gasteiger partial charge in [0.05, 0.1) is 15.6 Å². The van der Waals surface area contributed by atoms with Gasteiger partial charge in [0.15, 0.2) is 0 Å². The topological polar surface area (TPSA) is 63.2 Å². The van der Waals surface area contributed by atoms with Crippen LogP contribution in [0.15, 0.2) is 11.0 Å². The van der Waals surface area contributed by atoms with Crippen LogP contribution in [0.2, 0.25) is 10.0 Å². The van der Waals surface area contributed by atoms with Crippen LogP contribution in [0, 0.1) is 11.7 Å². The molecule has 0 aromatic heterocycles. The van der Waals surface area contributed by atoms with Crippen LogP contribution in [-0.2, 0) is 9.05 Å². The van der Waals surface area contributed by atoms with Gasteiger partial charge in [0, 0.05) is 17.2 Å². The Morgan fingerprint density at radius 2 is 1.95 bits per heavy atom. The lowest BCUT2D eigenvalue weighted by molar-refractivity contribution is 0.0952. The lowest BCUT2D eigenvalue weighted by Crippen LogP contribution is -2.25. The average molecular weight is 375 g/mol. The molecule has 2 rings (SSSR count). The number of hydrogen-bond donors (Lipinski definition) is 1. The highest BCUT2D eigenvalue weighted by Crippen LogP contribution is 2.36. The van der Waals surface area contributed by atoms with Crippen LogP contribution >= 0.6 is 33.9 Å². The third-order valence-corrected chi connectivity index (χ3v) is 5.48. The summed E-state index contributed by atoms with van der Waals surface area (Å²) in [5, 5.41) is 1.35. The average Bonchev–Trinajstić information content (AvgIpc) is 3.16. The van der Waals surface area contributed by atoms with Gasteiger partial charge in [0.2, 0.25) is 0 Å². The molecule has 0 saturated heterocycles. The Balaban J connectivity index is 2.30. The van der Waals surface area contributed by atoms with Crippen LogP contribution < -0.4 is 5.32 Å². The summed E-state index contributed by atoms with van der Waals surface area (Å²) >= 11 is 11.4.